The molecule has 3 rings (SSSR count). The molecule has 0 spiro atoms. The minimum atomic E-state index is -1.48. The number of hydrogen-bond donors (Lipinski definition) is 1. The molecule has 1 unspecified atom stereocenters. The Kier molecular flexibility index (Phi) is 3.48. The smallest absolute Gasteiger partial charge is 0.221 e. The highest BCUT2D eigenvalue weighted by Crippen LogP contribution is 2.28. The molecule has 1 fully saturated rings. The number of aromatic nitrogens is 1. The van der Waals surface area contributed by atoms with E-state index in [0.29, 0.717) is 6.61 Å². The van der Waals surface area contributed by atoms with E-state index in [9.17, 15) is 13.2 Å². The van der Waals surface area contributed by atoms with Crippen LogP contribution in [0, 0.1) is 17.5 Å². The largest absolute Gasteiger partial charge is 0.476 e. The van der Waals surface area contributed by atoms with E-state index in [1.807, 2.05) is 0 Å². The molecule has 106 valence electrons. The molecule has 1 aromatic heterocycles. The molecule has 2 heterocycles. The number of benzene rings is 1. The van der Waals surface area contributed by atoms with Gasteiger partial charge in [0.25, 0.3) is 0 Å². The molecule has 3 nitrogen and oxygen atoms in total. The Morgan fingerprint density at radius 1 is 1.25 bits per heavy atom. The van der Waals surface area contributed by atoms with Crippen LogP contribution in [0.3, 0.4) is 0 Å². The van der Waals surface area contributed by atoms with Gasteiger partial charge >= 0.3 is 0 Å². The topological polar surface area (TPSA) is 34.1 Å². The zero-order valence-electron chi connectivity index (χ0n) is 10.6. The molecule has 0 amide bonds. The lowest BCUT2D eigenvalue weighted by molar-refractivity contribution is 0.270. The summed E-state index contributed by atoms with van der Waals surface area (Å²) in [5.74, 6) is -3.82. The fourth-order valence-corrected chi connectivity index (χ4v) is 2.39. The summed E-state index contributed by atoms with van der Waals surface area (Å²) in [4.78, 5) is 3.97. The summed E-state index contributed by atoms with van der Waals surface area (Å²) in [6.07, 6.45) is 3.38. The molecule has 1 aliphatic rings. The molecule has 1 saturated heterocycles. The SMILES string of the molecule is Fc1cc2c(OCC3CCCN3)nccc2c(F)c1F. The average Bonchev–Trinajstić information content (AvgIpc) is 2.96. The van der Waals surface area contributed by atoms with E-state index < -0.39 is 17.5 Å². The lowest BCUT2D eigenvalue weighted by Crippen LogP contribution is -2.28. The maximum Gasteiger partial charge on any atom is 0.221 e. The van der Waals surface area contributed by atoms with Gasteiger partial charge in [-0.15, -0.1) is 0 Å². The van der Waals surface area contributed by atoms with Crippen LogP contribution in [0.25, 0.3) is 10.8 Å². The monoisotopic (exact) mass is 282 g/mol. The molecule has 1 atom stereocenters. The molecular weight excluding hydrogens is 269 g/mol. The summed E-state index contributed by atoms with van der Waals surface area (Å²) in [6, 6.07) is 2.42. The lowest BCUT2D eigenvalue weighted by Gasteiger charge is -2.13. The van der Waals surface area contributed by atoms with Crippen molar-refractivity contribution >= 4 is 10.8 Å². The second kappa shape index (κ2) is 5.28. The van der Waals surface area contributed by atoms with E-state index in [0.717, 1.165) is 25.5 Å². The number of fused-ring (bicyclic) bond motifs is 1. The van der Waals surface area contributed by atoms with Crippen LogP contribution < -0.4 is 10.1 Å². The normalized spacial score (nSPS) is 18.6. The summed E-state index contributed by atoms with van der Waals surface area (Å²) in [7, 11) is 0. The van der Waals surface area contributed by atoms with E-state index in [-0.39, 0.29) is 22.7 Å². The van der Waals surface area contributed by atoms with Crippen molar-refractivity contribution in [3.63, 3.8) is 0 Å². The Balaban J connectivity index is 1.94. The molecule has 1 aliphatic heterocycles. The summed E-state index contributed by atoms with van der Waals surface area (Å²) < 4.78 is 45.7. The van der Waals surface area contributed by atoms with Gasteiger partial charge in [0, 0.05) is 17.6 Å². The number of nitrogens with zero attached hydrogens (tertiary/aromatic N) is 1. The first kappa shape index (κ1) is 13.2. The Hall–Kier alpha value is -1.82. The standard InChI is InChI=1S/C14H13F3N2O/c15-11-6-10-9(12(16)13(11)17)3-5-19-14(10)20-7-8-2-1-4-18-8/h3,5-6,8,18H,1-2,4,7H2. The van der Waals surface area contributed by atoms with E-state index in [4.69, 9.17) is 4.74 Å². The second-order valence-electron chi connectivity index (χ2n) is 4.80. The summed E-state index contributed by atoms with van der Waals surface area (Å²) in [6.45, 7) is 1.30. The fourth-order valence-electron chi connectivity index (χ4n) is 2.39. The summed E-state index contributed by atoms with van der Waals surface area (Å²) >= 11 is 0. The van der Waals surface area contributed by atoms with Gasteiger partial charge in [-0.1, -0.05) is 0 Å². The molecule has 0 bridgehead atoms. The average molecular weight is 282 g/mol. The van der Waals surface area contributed by atoms with Crippen LogP contribution in [0.5, 0.6) is 5.88 Å². The molecule has 1 N–H and O–H groups in total. The van der Waals surface area contributed by atoms with Gasteiger partial charge in [0.15, 0.2) is 17.5 Å². The van der Waals surface area contributed by atoms with Crippen LogP contribution in [-0.2, 0) is 0 Å². The van der Waals surface area contributed by atoms with Gasteiger partial charge in [-0.25, -0.2) is 18.2 Å². The Morgan fingerprint density at radius 3 is 2.85 bits per heavy atom. The van der Waals surface area contributed by atoms with Crippen molar-refractivity contribution in [1.82, 2.24) is 10.3 Å². The van der Waals surface area contributed by atoms with Crippen molar-refractivity contribution < 1.29 is 17.9 Å². The third-order valence-electron chi connectivity index (χ3n) is 3.45. The van der Waals surface area contributed by atoms with Crippen LogP contribution >= 0.6 is 0 Å². The first-order valence-electron chi connectivity index (χ1n) is 6.45. The van der Waals surface area contributed by atoms with E-state index in [1.54, 1.807) is 0 Å². The molecule has 0 aliphatic carbocycles. The number of nitrogens with one attached hydrogen (secondary N) is 1. The Bertz CT molecular complexity index is 642. The van der Waals surface area contributed by atoms with Crippen LogP contribution in [0.15, 0.2) is 18.3 Å². The van der Waals surface area contributed by atoms with Crippen molar-refractivity contribution in [3.8, 4) is 5.88 Å². The number of halogens is 3. The third-order valence-corrected chi connectivity index (χ3v) is 3.45. The summed E-state index contributed by atoms with van der Waals surface area (Å²) in [5.41, 5.74) is 0. The third kappa shape index (κ3) is 2.31. The van der Waals surface area contributed by atoms with Gasteiger partial charge in [-0.2, -0.15) is 0 Å². The minimum absolute atomic E-state index is 0.0340. The van der Waals surface area contributed by atoms with Crippen molar-refractivity contribution in [2.75, 3.05) is 13.2 Å². The molecule has 6 heteroatoms. The minimum Gasteiger partial charge on any atom is -0.476 e. The maximum absolute atomic E-state index is 13.7. The van der Waals surface area contributed by atoms with Crippen LogP contribution in [-0.4, -0.2) is 24.2 Å². The van der Waals surface area contributed by atoms with E-state index in [2.05, 4.69) is 10.3 Å². The summed E-state index contributed by atoms with van der Waals surface area (Å²) in [5, 5.41) is 3.35. The fraction of sp³-hybridized carbons (Fsp3) is 0.357. The molecule has 0 saturated carbocycles. The molecular formula is C14H13F3N2O. The Labute approximate surface area is 113 Å². The van der Waals surface area contributed by atoms with Crippen LogP contribution in [0.4, 0.5) is 13.2 Å². The quantitative estimate of drug-likeness (QED) is 0.879. The molecule has 2 aromatic rings. The predicted octanol–water partition coefficient (Wildman–Crippen LogP) is 2.78. The van der Waals surface area contributed by atoms with E-state index >= 15 is 0 Å². The maximum atomic E-state index is 13.7. The number of pyridine rings is 1. The molecule has 1 aromatic carbocycles. The zero-order chi connectivity index (χ0) is 14.1. The van der Waals surface area contributed by atoms with Gasteiger partial charge in [-0.3, -0.25) is 0 Å². The van der Waals surface area contributed by atoms with Crippen molar-refractivity contribution in [3.05, 3.63) is 35.8 Å². The van der Waals surface area contributed by atoms with Gasteiger partial charge in [-0.05, 0) is 31.5 Å². The number of ether oxygens (including phenoxy) is 1. The number of rotatable bonds is 3. The second-order valence-corrected chi connectivity index (χ2v) is 4.80. The van der Waals surface area contributed by atoms with Crippen molar-refractivity contribution in [2.24, 2.45) is 0 Å². The Morgan fingerprint density at radius 2 is 2.10 bits per heavy atom. The predicted molar refractivity (Wildman–Crippen MR) is 68.1 cm³/mol. The first-order chi connectivity index (χ1) is 9.66. The first-order valence-corrected chi connectivity index (χ1v) is 6.45. The molecule has 20 heavy (non-hydrogen) atoms. The van der Waals surface area contributed by atoms with E-state index in [1.165, 1.54) is 12.3 Å². The van der Waals surface area contributed by atoms with Crippen molar-refractivity contribution in [1.29, 1.82) is 0 Å². The van der Waals surface area contributed by atoms with Gasteiger partial charge in [0.05, 0.1) is 5.39 Å². The lowest BCUT2D eigenvalue weighted by atomic mass is 10.1. The van der Waals surface area contributed by atoms with Crippen LogP contribution in [0.1, 0.15) is 12.8 Å². The van der Waals surface area contributed by atoms with Crippen LogP contribution in [0.2, 0.25) is 0 Å². The highest BCUT2D eigenvalue weighted by atomic mass is 19.2. The van der Waals surface area contributed by atoms with Crippen molar-refractivity contribution in [2.45, 2.75) is 18.9 Å². The molecule has 0 radical (unpaired) electrons. The zero-order valence-corrected chi connectivity index (χ0v) is 10.6. The highest BCUT2D eigenvalue weighted by molar-refractivity contribution is 5.87. The van der Waals surface area contributed by atoms with Gasteiger partial charge in [0.1, 0.15) is 6.61 Å². The number of hydrogen-bond acceptors (Lipinski definition) is 3. The van der Waals surface area contributed by atoms with Gasteiger partial charge < -0.3 is 10.1 Å². The van der Waals surface area contributed by atoms with Gasteiger partial charge in [0.2, 0.25) is 5.88 Å². The highest BCUT2D eigenvalue weighted by Gasteiger charge is 2.18.